The lowest BCUT2D eigenvalue weighted by Crippen LogP contribution is -2.19. The molecule has 1 N–H and O–H groups in total. The number of benzene rings is 2. The Hall–Kier alpha value is -1.94. The molecule has 1 unspecified atom stereocenters. The van der Waals surface area contributed by atoms with Crippen LogP contribution in [0.15, 0.2) is 42.5 Å². The molecule has 0 fully saturated rings. The number of rotatable bonds is 5. The average molecular weight is 277 g/mol. The SMILES string of the molecule is COc1ccc(F)cc1C(C)NCc1cccc(F)c1. The molecule has 0 saturated carbocycles. The highest BCUT2D eigenvalue weighted by Crippen LogP contribution is 2.26. The van der Waals surface area contributed by atoms with E-state index in [1.807, 2.05) is 13.0 Å². The Morgan fingerprint density at radius 1 is 1.10 bits per heavy atom. The molecule has 0 heterocycles. The molecule has 20 heavy (non-hydrogen) atoms. The van der Waals surface area contributed by atoms with Gasteiger partial charge in [0, 0.05) is 18.2 Å². The third-order valence-corrected chi connectivity index (χ3v) is 3.16. The molecule has 2 aromatic rings. The van der Waals surface area contributed by atoms with Gasteiger partial charge < -0.3 is 10.1 Å². The molecule has 2 nitrogen and oxygen atoms in total. The fourth-order valence-corrected chi connectivity index (χ4v) is 2.07. The van der Waals surface area contributed by atoms with Gasteiger partial charge in [-0.3, -0.25) is 0 Å². The Balaban J connectivity index is 2.08. The number of hydrogen-bond acceptors (Lipinski definition) is 2. The molecule has 0 aliphatic carbocycles. The van der Waals surface area contributed by atoms with Crippen LogP contribution >= 0.6 is 0 Å². The van der Waals surface area contributed by atoms with Gasteiger partial charge in [0.15, 0.2) is 0 Å². The van der Waals surface area contributed by atoms with E-state index in [4.69, 9.17) is 4.74 Å². The van der Waals surface area contributed by atoms with Crippen molar-refractivity contribution >= 4 is 0 Å². The molecule has 0 aliphatic heterocycles. The zero-order valence-corrected chi connectivity index (χ0v) is 11.5. The van der Waals surface area contributed by atoms with Gasteiger partial charge in [0.2, 0.25) is 0 Å². The van der Waals surface area contributed by atoms with Crippen LogP contribution in [0, 0.1) is 11.6 Å². The average Bonchev–Trinajstić information content (AvgIpc) is 2.45. The van der Waals surface area contributed by atoms with Gasteiger partial charge in [-0.2, -0.15) is 0 Å². The van der Waals surface area contributed by atoms with Gasteiger partial charge in [-0.15, -0.1) is 0 Å². The summed E-state index contributed by atoms with van der Waals surface area (Å²) in [5.41, 5.74) is 1.58. The fraction of sp³-hybridized carbons (Fsp3) is 0.250. The molecule has 0 aliphatic rings. The molecule has 2 rings (SSSR count). The standard InChI is InChI=1S/C16H17F2NO/c1-11(15-9-14(18)6-7-16(15)20-2)19-10-12-4-3-5-13(17)8-12/h3-9,11,19H,10H2,1-2H3. The van der Waals surface area contributed by atoms with Crippen molar-refractivity contribution in [2.24, 2.45) is 0 Å². The summed E-state index contributed by atoms with van der Waals surface area (Å²) >= 11 is 0. The molecule has 106 valence electrons. The smallest absolute Gasteiger partial charge is 0.123 e. The van der Waals surface area contributed by atoms with Crippen LogP contribution in [-0.2, 0) is 6.54 Å². The Morgan fingerprint density at radius 3 is 2.55 bits per heavy atom. The predicted molar refractivity (Wildman–Crippen MR) is 74.6 cm³/mol. The van der Waals surface area contributed by atoms with Crippen LogP contribution in [0.2, 0.25) is 0 Å². The van der Waals surface area contributed by atoms with Crippen molar-refractivity contribution in [1.29, 1.82) is 0 Å². The van der Waals surface area contributed by atoms with Crippen LogP contribution in [0.25, 0.3) is 0 Å². The first-order valence-corrected chi connectivity index (χ1v) is 6.41. The van der Waals surface area contributed by atoms with E-state index >= 15 is 0 Å². The van der Waals surface area contributed by atoms with Crippen LogP contribution in [0.5, 0.6) is 5.75 Å². The van der Waals surface area contributed by atoms with Gasteiger partial charge in [0.05, 0.1) is 7.11 Å². The monoisotopic (exact) mass is 277 g/mol. The first-order valence-electron chi connectivity index (χ1n) is 6.41. The van der Waals surface area contributed by atoms with Crippen molar-refractivity contribution in [3.63, 3.8) is 0 Å². The third kappa shape index (κ3) is 3.54. The van der Waals surface area contributed by atoms with Gasteiger partial charge in [-0.05, 0) is 42.8 Å². The van der Waals surface area contributed by atoms with Crippen molar-refractivity contribution in [3.8, 4) is 5.75 Å². The van der Waals surface area contributed by atoms with Crippen molar-refractivity contribution < 1.29 is 13.5 Å². The van der Waals surface area contributed by atoms with Gasteiger partial charge >= 0.3 is 0 Å². The zero-order valence-electron chi connectivity index (χ0n) is 11.5. The summed E-state index contributed by atoms with van der Waals surface area (Å²) in [5, 5.41) is 3.23. The second-order valence-corrected chi connectivity index (χ2v) is 4.62. The molecular formula is C16H17F2NO. The first kappa shape index (κ1) is 14.5. The minimum Gasteiger partial charge on any atom is -0.496 e. The van der Waals surface area contributed by atoms with E-state index in [1.165, 1.54) is 24.3 Å². The zero-order chi connectivity index (χ0) is 14.5. The minimum absolute atomic E-state index is 0.107. The fourth-order valence-electron chi connectivity index (χ4n) is 2.07. The lowest BCUT2D eigenvalue weighted by Gasteiger charge is -2.17. The maximum atomic E-state index is 13.3. The Labute approximate surface area is 117 Å². The number of halogens is 2. The second kappa shape index (κ2) is 6.48. The summed E-state index contributed by atoms with van der Waals surface area (Å²) in [6, 6.07) is 10.7. The quantitative estimate of drug-likeness (QED) is 0.897. The summed E-state index contributed by atoms with van der Waals surface area (Å²) in [4.78, 5) is 0. The normalized spacial score (nSPS) is 12.2. The van der Waals surface area contributed by atoms with E-state index in [1.54, 1.807) is 19.2 Å². The molecule has 0 radical (unpaired) electrons. The highest BCUT2D eigenvalue weighted by molar-refractivity contribution is 5.36. The van der Waals surface area contributed by atoms with Crippen LogP contribution < -0.4 is 10.1 Å². The van der Waals surface area contributed by atoms with Crippen LogP contribution in [-0.4, -0.2) is 7.11 Å². The third-order valence-electron chi connectivity index (χ3n) is 3.16. The molecule has 1 atom stereocenters. The molecule has 0 aromatic heterocycles. The number of ether oxygens (including phenoxy) is 1. The van der Waals surface area contributed by atoms with Crippen molar-refractivity contribution in [1.82, 2.24) is 5.32 Å². The lowest BCUT2D eigenvalue weighted by molar-refractivity contribution is 0.399. The van der Waals surface area contributed by atoms with E-state index < -0.39 is 0 Å². The summed E-state index contributed by atoms with van der Waals surface area (Å²) < 4.78 is 31.6. The maximum Gasteiger partial charge on any atom is 0.123 e. The summed E-state index contributed by atoms with van der Waals surface area (Å²) in [7, 11) is 1.55. The molecule has 0 saturated heterocycles. The highest BCUT2D eigenvalue weighted by Gasteiger charge is 2.12. The van der Waals surface area contributed by atoms with Crippen molar-refractivity contribution in [2.45, 2.75) is 19.5 Å². The van der Waals surface area contributed by atoms with Gasteiger partial charge in [-0.25, -0.2) is 8.78 Å². The molecule has 0 bridgehead atoms. The van der Waals surface area contributed by atoms with Crippen molar-refractivity contribution in [2.75, 3.05) is 7.11 Å². The van der Waals surface area contributed by atoms with E-state index in [2.05, 4.69) is 5.32 Å². The summed E-state index contributed by atoms with van der Waals surface area (Å²) in [5.74, 6) is 0.0612. The van der Waals surface area contributed by atoms with E-state index in [0.29, 0.717) is 12.3 Å². The molecule has 0 amide bonds. The number of hydrogen-bond donors (Lipinski definition) is 1. The highest BCUT2D eigenvalue weighted by atomic mass is 19.1. The van der Waals surface area contributed by atoms with Crippen LogP contribution in [0.4, 0.5) is 8.78 Å². The van der Waals surface area contributed by atoms with Gasteiger partial charge in [0.1, 0.15) is 17.4 Å². The summed E-state index contributed by atoms with van der Waals surface area (Å²) in [6.45, 7) is 2.41. The maximum absolute atomic E-state index is 13.3. The minimum atomic E-state index is -0.305. The Bertz CT molecular complexity index is 586. The second-order valence-electron chi connectivity index (χ2n) is 4.62. The van der Waals surface area contributed by atoms with E-state index in [0.717, 1.165) is 11.1 Å². The van der Waals surface area contributed by atoms with Crippen molar-refractivity contribution in [3.05, 3.63) is 65.2 Å². The topological polar surface area (TPSA) is 21.3 Å². The predicted octanol–water partition coefficient (Wildman–Crippen LogP) is 3.82. The molecule has 0 spiro atoms. The van der Waals surface area contributed by atoms with Gasteiger partial charge in [-0.1, -0.05) is 12.1 Å². The molecule has 4 heteroatoms. The molecule has 2 aromatic carbocycles. The first-order chi connectivity index (χ1) is 9.60. The molecular weight excluding hydrogens is 260 g/mol. The number of methoxy groups -OCH3 is 1. The van der Waals surface area contributed by atoms with Gasteiger partial charge in [0.25, 0.3) is 0 Å². The largest absolute Gasteiger partial charge is 0.496 e. The Morgan fingerprint density at radius 2 is 1.85 bits per heavy atom. The van der Waals surface area contributed by atoms with Crippen LogP contribution in [0.1, 0.15) is 24.1 Å². The summed E-state index contributed by atoms with van der Waals surface area (Å²) in [6.07, 6.45) is 0. The van der Waals surface area contributed by atoms with Crippen LogP contribution in [0.3, 0.4) is 0 Å². The Kier molecular flexibility index (Phi) is 4.69. The van der Waals surface area contributed by atoms with E-state index in [9.17, 15) is 8.78 Å². The number of nitrogens with one attached hydrogen (secondary N) is 1. The lowest BCUT2D eigenvalue weighted by atomic mass is 10.1. The van der Waals surface area contributed by atoms with E-state index in [-0.39, 0.29) is 17.7 Å².